The summed E-state index contributed by atoms with van der Waals surface area (Å²) in [5.41, 5.74) is 8.17. The van der Waals surface area contributed by atoms with Crippen LogP contribution in [0.15, 0.2) is 0 Å². The van der Waals surface area contributed by atoms with E-state index < -0.39 is 17.3 Å². The average molecular weight is 190 g/mol. The lowest BCUT2D eigenvalue weighted by Gasteiger charge is -2.08. The van der Waals surface area contributed by atoms with Crippen molar-refractivity contribution in [3.8, 4) is 0 Å². The van der Waals surface area contributed by atoms with Gasteiger partial charge in [-0.1, -0.05) is 0 Å². The molecule has 0 aliphatic carbocycles. The van der Waals surface area contributed by atoms with Crippen LogP contribution in [-0.4, -0.2) is 4.98 Å². The van der Waals surface area contributed by atoms with Crippen molar-refractivity contribution < 1.29 is 8.78 Å². The van der Waals surface area contributed by atoms with Gasteiger partial charge >= 0.3 is 0 Å². The van der Waals surface area contributed by atoms with Crippen molar-refractivity contribution in [1.29, 1.82) is 0 Å². The summed E-state index contributed by atoms with van der Waals surface area (Å²) in [7, 11) is 0. The number of nitrogens with one attached hydrogen (secondary N) is 2. The highest BCUT2D eigenvalue weighted by atomic mass is 19.1. The van der Waals surface area contributed by atoms with Crippen LogP contribution in [0.25, 0.3) is 0 Å². The smallest absolute Gasteiger partial charge is 0.192 e. The molecule has 1 aromatic heterocycles. The molecule has 6 nitrogen and oxygen atoms in total. The summed E-state index contributed by atoms with van der Waals surface area (Å²) >= 11 is 0. The summed E-state index contributed by atoms with van der Waals surface area (Å²) < 4.78 is 25.9. The standard InChI is InChI=1S/C5H8F2N6/c6-1-3(8)2(7)5(13-10)11-4(1)12-9/h9-10H2,(H4,8,11,12,13). The van der Waals surface area contributed by atoms with Gasteiger partial charge in [-0.25, -0.2) is 25.5 Å². The fourth-order valence-corrected chi connectivity index (χ4v) is 0.753. The van der Waals surface area contributed by atoms with E-state index in [1.807, 2.05) is 10.9 Å². The molecule has 0 atom stereocenters. The lowest BCUT2D eigenvalue weighted by molar-refractivity contribution is 0.587. The molecule has 0 spiro atoms. The molecule has 0 saturated heterocycles. The molecule has 0 unspecified atom stereocenters. The normalized spacial score (nSPS) is 9.85. The van der Waals surface area contributed by atoms with Crippen LogP contribution in [0.4, 0.5) is 26.1 Å². The van der Waals surface area contributed by atoms with Crippen molar-refractivity contribution in [2.75, 3.05) is 16.6 Å². The monoisotopic (exact) mass is 190 g/mol. The van der Waals surface area contributed by atoms with E-state index in [2.05, 4.69) is 4.98 Å². The maximum atomic E-state index is 12.9. The van der Waals surface area contributed by atoms with Crippen molar-refractivity contribution in [2.24, 2.45) is 11.7 Å². The van der Waals surface area contributed by atoms with E-state index in [9.17, 15) is 8.78 Å². The Morgan fingerprint density at radius 3 is 1.69 bits per heavy atom. The molecule has 0 fully saturated rings. The second kappa shape index (κ2) is 3.37. The van der Waals surface area contributed by atoms with Crippen LogP contribution in [0.2, 0.25) is 0 Å². The molecule has 1 rings (SSSR count). The zero-order valence-electron chi connectivity index (χ0n) is 6.44. The molecule has 0 bridgehead atoms. The lowest BCUT2D eigenvalue weighted by atomic mass is 10.3. The maximum absolute atomic E-state index is 12.9. The zero-order valence-corrected chi connectivity index (χ0v) is 6.44. The molecule has 0 aliphatic heterocycles. The van der Waals surface area contributed by atoms with Gasteiger partial charge in [0.25, 0.3) is 0 Å². The Bertz CT molecular complexity index is 299. The molecule has 0 aliphatic rings. The Hall–Kier alpha value is -1.67. The van der Waals surface area contributed by atoms with Crippen molar-refractivity contribution in [2.45, 2.75) is 0 Å². The fourth-order valence-electron chi connectivity index (χ4n) is 0.753. The number of pyridine rings is 1. The first-order valence-corrected chi connectivity index (χ1v) is 3.19. The molecule has 0 amide bonds. The van der Waals surface area contributed by atoms with Crippen LogP contribution in [-0.2, 0) is 0 Å². The predicted molar refractivity (Wildman–Crippen MR) is 44.2 cm³/mol. The minimum Gasteiger partial charge on any atom is -0.394 e. The number of hydrazine groups is 2. The number of rotatable bonds is 2. The number of hydrogen-bond acceptors (Lipinski definition) is 6. The molecule has 72 valence electrons. The maximum Gasteiger partial charge on any atom is 0.192 e. The first-order chi connectivity index (χ1) is 6.11. The molecule has 0 aromatic carbocycles. The summed E-state index contributed by atoms with van der Waals surface area (Å²) in [6.45, 7) is 0. The molecule has 0 radical (unpaired) electrons. The minimum absolute atomic E-state index is 0.383. The first-order valence-electron chi connectivity index (χ1n) is 3.19. The third kappa shape index (κ3) is 1.44. The van der Waals surface area contributed by atoms with E-state index in [4.69, 9.17) is 17.4 Å². The van der Waals surface area contributed by atoms with Gasteiger partial charge in [0.2, 0.25) is 0 Å². The summed E-state index contributed by atoms with van der Waals surface area (Å²) in [5.74, 6) is 6.91. The van der Waals surface area contributed by atoms with Gasteiger partial charge in [-0.05, 0) is 0 Å². The number of aromatic nitrogens is 1. The van der Waals surface area contributed by atoms with E-state index in [0.717, 1.165) is 0 Å². The Labute approximate surface area is 72.0 Å². The van der Waals surface area contributed by atoms with Crippen molar-refractivity contribution in [3.63, 3.8) is 0 Å². The van der Waals surface area contributed by atoms with Gasteiger partial charge in [0, 0.05) is 0 Å². The van der Waals surface area contributed by atoms with Crippen LogP contribution >= 0.6 is 0 Å². The van der Waals surface area contributed by atoms with Crippen LogP contribution in [0.3, 0.4) is 0 Å². The highest BCUT2D eigenvalue weighted by Gasteiger charge is 2.16. The molecule has 0 saturated carbocycles. The highest BCUT2D eigenvalue weighted by molar-refractivity contribution is 5.60. The lowest BCUT2D eigenvalue weighted by Crippen LogP contribution is -2.17. The molecule has 13 heavy (non-hydrogen) atoms. The largest absolute Gasteiger partial charge is 0.394 e. The molecule has 1 heterocycles. The fraction of sp³-hybridized carbons (Fsp3) is 0. The molecule has 8 heteroatoms. The van der Waals surface area contributed by atoms with Gasteiger partial charge in [-0.3, -0.25) is 0 Å². The van der Waals surface area contributed by atoms with Gasteiger partial charge in [-0.2, -0.15) is 0 Å². The zero-order chi connectivity index (χ0) is 10.0. The molecule has 1 aromatic rings. The number of hydrogen-bond donors (Lipinski definition) is 5. The summed E-state index contributed by atoms with van der Waals surface area (Å²) in [4.78, 5) is 3.37. The second-order valence-electron chi connectivity index (χ2n) is 2.14. The molecular weight excluding hydrogens is 182 g/mol. The van der Waals surface area contributed by atoms with Gasteiger partial charge in [0.15, 0.2) is 23.3 Å². The Kier molecular flexibility index (Phi) is 2.44. The number of nitrogens with two attached hydrogens (primary N) is 3. The molecular formula is C5H8F2N6. The van der Waals surface area contributed by atoms with E-state index >= 15 is 0 Å². The highest BCUT2D eigenvalue weighted by Crippen LogP contribution is 2.25. The van der Waals surface area contributed by atoms with E-state index in [0.29, 0.717) is 0 Å². The Balaban J connectivity index is 3.36. The van der Waals surface area contributed by atoms with Gasteiger partial charge < -0.3 is 16.6 Å². The van der Waals surface area contributed by atoms with Crippen LogP contribution in [0.1, 0.15) is 0 Å². The van der Waals surface area contributed by atoms with E-state index in [1.54, 1.807) is 0 Å². The molecule has 8 N–H and O–H groups in total. The SMILES string of the molecule is NNc1nc(NN)c(F)c(N)c1F. The average Bonchev–Trinajstić information content (AvgIpc) is 2.15. The Morgan fingerprint density at radius 2 is 1.38 bits per heavy atom. The minimum atomic E-state index is -1.06. The third-order valence-corrected chi connectivity index (χ3v) is 1.39. The number of anilines is 3. The first kappa shape index (κ1) is 9.42. The van der Waals surface area contributed by atoms with Gasteiger partial charge in [0.1, 0.15) is 5.69 Å². The third-order valence-electron chi connectivity index (χ3n) is 1.39. The number of nitrogens with zero attached hydrogens (tertiary/aromatic N) is 1. The summed E-state index contributed by atoms with van der Waals surface area (Å²) in [6, 6.07) is 0. The van der Waals surface area contributed by atoms with Crippen molar-refractivity contribution in [1.82, 2.24) is 4.98 Å². The quantitative estimate of drug-likeness (QED) is 0.317. The predicted octanol–water partition coefficient (Wildman–Crippen LogP) is -0.487. The number of halogens is 2. The van der Waals surface area contributed by atoms with Crippen molar-refractivity contribution >= 4 is 17.3 Å². The number of nitrogen functional groups attached to an aromatic ring is 3. The van der Waals surface area contributed by atoms with Crippen LogP contribution < -0.4 is 28.3 Å². The summed E-state index contributed by atoms with van der Waals surface area (Å²) in [5, 5.41) is 0. The van der Waals surface area contributed by atoms with Crippen LogP contribution in [0, 0.1) is 11.6 Å². The Morgan fingerprint density at radius 1 is 1.00 bits per heavy atom. The van der Waals surface area contributed by atoms with Crippen LogP contribution in [0.5, 0.6) is 0 Å². The second-order valence-corrected chi connectivity index (χ2v) is 2.14. The van der Waals surface area contributed by atoms with Gasteiger partial charge in [-0.15, -0.1) is 0 Å². The van der Waals surface area contributed by atoms with E-state index in [-0.39, 0.29) is 11.6 Å². The van der Waals surface area contributed by atoms with E-state index in [1.165, 1.54) is 0 Å². The van der Waals surface area contributed by atoms with Gasteiger partial charge in [0.05, 0.1) is 0 Å². The summed E-state index contributed by atoms with van der Waals surface area (Å²) in [6.07, 6.45) is 0. The van der Waals surface area contributed by atoms with Crippen molar-refractivity contribution in [3.05, 3.63) is 11.6 Å². The topological polar surface area (TPSA) is 115 Å².